The van der Waals surface area contributed by atoms with Crippen LogP contribution in [0.3, 0.4) is 0 Å². The maximum Gasteiger partial charge on any atom is 0.353 e. The number of hydrogen-bond acceptors (Lipinski definition) is 4. The smallest absolute Gasteiger partial charge is 0.353 e. The summed E-state index contributed by atoms with van der Waals surface area (Å²) in [5.41, 5.74) is 1.27. The Hall–Kier alpha value is -1.65. The number of esters is 1. The van der Waals surface area contributed by atoms with E-state index in [0.717, 1.165) is 19.3 Å². The van der Waals surface area contributed by atoms with Crippen molar-refractivity contribution in [1.82, 2.24) is 0 Å². The molecule has 3 rings (SSSR count). The topological polar surface area (TPSA) is 26.3 Å². The van der Waals surface area contributed by atoms with E-state index in [1.807, 2.05) is 30.3 Å². The van der Waals surface area contributed by atoms with Crippen LogP contribution in [0.1, 0.15) is 53.2 Å². The van der Waals surface area contributed by atoms with Gasteiger partial charge in [-0.05, 0) is 49.1 Å². The molecular weight excluding hydrogens is 336 g/mol. The SMILES string of the molecule is CCCCc1cc2sc(C(=O)Oc3ccc(CCC)cc3)cc2s1. The summed E-state index contributed by atoms with van der Waals surface area (Å²) in [5, 5.41) is 0. The van der Waals surface area contributed by atoms with Gasteiger partial charge in [0, 0.05) is 14.3 Å². The fraction of sp³-hybridized carbons (Fsp3) is 0.350. The number of hydrogen-bond donors (Lipinski definition) is 0. The van der Waals surface area contributed by atoms with E-state index in [-0.39, 0.29) is 5.97 Å². The second kappa shape index (κ2) is 7.95. The van der Waals surface area contributed by atoms with Gasteiger partial charge in [-0.25, -0.2) is 4.79 Å². The van der Waals surface area contributed by atoms with Crippen molar-refractivity contribution in [3.8, 4) is 5.75 Å². The van der Waals surface area contributed by atoms with E-state index in [1.54, 1.807) is 11.3 Å². The molecule has 126 valence electrons. The fourth-order valence-corrected chi connectivity index (χ4v) is 4.97. The van der Waals surface area contributed by atoms with Crippen LogP contribution < -0.4 is 4.74 Å². The van der Waals surface area contributed by atoms with Crippen molar-refractivity contribution < 1.29 is 9.53 Å². The Labute approximate surface area is 151 Å². The first-order valence-electron chi connectivity index (χ1n) is 8.53. The van der Waals surface area contributed by atoms with Gasteiger partial charge in [-0.15, -0.1) is 22.7 Å². The molecule has 2 heterocycles. The lowest BCUT2D eigenvalue weighted by Crippen LogP contribution is -2.06. The minimum atomic E-state index is -0.262. The van der Waals surface area contributed by atoms with E-state index in [2.05, 4.69) is 19.9 Å². The first-order chi connectivity index (χ1) is 11.7. The molecule has 0 amide bonds. The van der Waals surface area contributed by atoms with Crippen LogP contribution in [-0.2, 0) is 12.8 Å². The molecule has 0 aliphatic carbocycles. The number of thiophene rings is 2. The number of unbranched alkanes of at least 4 members (excludes halogenated alkanes) is 1. The molecule has 1 aromatic carbocycles. The second-order valence-electron chi connectivity index (χ2n) is 5.94. The van der Waals surface area contributed by atoms with Crippen LogP contribution in [-0.4, -0.2) is 5.97 Å². The molecule has 4 heteroatoms. The lowest BCUT2D eigenvalue weighted by atomic mass is 10.1. The first kappa shape index (κ1) is 17.2. The lowest BCUT2D eigenvalue weighted by Gasteiger charge is -2.04. The van der Waals surface area contributed by atoms with Gasteiger partial charge in [0.15, 0.2) is 0 Å². The summed E-state index contributed by atoms with van der Waals surface area (Å²) in [6, 6.07) is 12.0. The van der Waals surface area contributed by atoms with Crippen molar-refractivity contribution in [2.24, 2.45) is 0 Å². The number of aryl methyl sites for hydroxylation is 2. The molecular formula is C20H22O2S2. The molecule has 0 N–H and O–H groups in total. The van der Waals surface area contributed by atoms with Gasteiger partial charge >= 0.3 is 5.97 Å². The van der Waals surface area contributed by atoms with Gasteiger partial charge in [-0.3, -0.25) is 0 Å². The van der Waals surface area contributed by atoms with Gasteiger partial charge in [-0.2, -0.15) is 0 Å². The van der Waals surface area contributed by atoms with E-state index < -0.39 is 0 Å². The summed E-state index contributed by atoms with van der Waals surface area (Å²) in [7, 11) is 0. The van der Waals surface area contributed by atoms with Gasteiger partial charge in [0.05, 0.1) is 0 Å². The molecule has 0 spiro atoms. The summed E-state index contributed by atoms with van der Waals surface area (Å²) in [6.07, 6.45) is 5.73. The summed E-state index contributed by atoms with van der Waals surface area (Å²) in [4.78, 5) is 14.4. The third-order valence-electron chi connectivity index (χ3n) is 3.91. The molecule has 0 saturated carbocycles. The Morgan fingerprint density at radius 3 is 2.38 bits per heavy atom. The van der Waals surface area contributed by atoms with E-state index in [4.69, 9.17) is 4.74 Å². The zero-order valence-corrected chi connectivity index (χ0v) is 15.8. The zero-order chi connectivity index (χ0) is 16.9. The highest BCUT2D eigenvalue weighted by molar-refractivity contribution is 7.28. The number of ether oxygens (including phenoxy) is 1. The highest BCUT2D eigenvalue weighted by atomic mass is 32.1. The maximum absolute atomic E-state index is 12.3. The summed E-state index contributed by atoms with van der Waals surface area (Å²) < 4.78 is 7.89. The van der Waals surface area contributed by atoms with Crippen LogP contribution in [0.15, 0.2) is 36.4 Å². The van der Waals surface area contributed by atoms with Crippen LogP contribution in [0.5, 0.6) is 5.75 Å². The fourth-order valence-electron chi connectivity index (χ4n) is 2.63. The number of carbonyl (C=O) groups is 1. The normalized spacial score (nSPS) is 11.1. The molecule has 2 aromatic heterocycles. The number of fused-ring (bicyclic) bond motifs is 1. The van der Waals surface area contributed by atoms with Crippen molar-refractivity contribution in [2.75, 3.05) is 0 Å². The van der Waals surface area contributed by atoms with Gasteiger partial charge in [0.1, 0.15) is 10.6 Å². The van der Waals surface area contributed by atoms with E-state index in [9.17, 15) is 4.79 Å². The van der Waals surface area contributed by atoms with Gasteiger partial charge in [-0.1, -0.05) is 38.8 Å². The highest BCUT2D eigenvalue weighted by Crippen LogP contribution is 2.34. The Balaban J connectivity index is 1.68. The standard InChI is InChI=1S/C20H22O2S2/c1-3-5-7-16-12-17-18(23-16)13-19(24-17)20(21)22-15-10-8-14(6-4-2)9-11-15/h8-13H,3-7H2,1-2H3. The average molecular weight is 359 g/mol. The van der Waals surface area contributed by atoms with Crippen molar-refractivity contribution in [1.29, 1.82) is 0 Å². The molecule has 0 bridgehead atoms. The van der Waals surface area contributed by atoms with Crippen molar-refractivity contribution in [3.05, 3.63) is 51.7 Å². The summed E-state index contributed by atoms with van der Waals surface area (Å²) >= 11 is 3.32. The molecule has 0 fully saturated rings. The maximum atomic E-state index is 12.3. The summed E-state index contributed by atoms with van der Waals surface area (Å²) in [6.45, 7) is 4.36. The van der Waals surface area contributed by atoms with Gasteiger partial charge < -0.3 is 4.74 Å². The zero-order valence-electron chi connectivity index (χ0n) is 14.1. The minimum Gasteiger partial charge on any atom is -0.422 e. The van der Waals surface area contributed by atoms with Crippen molar-refractivity contribution in [3.63, 3.8) is 0 Å². The van der Waals surface area contributed by atoms with Gasteiger partial charge in [0.2, 0.25) is 0 Å². The van der Waals surface area contributed by atoms with Crippen LogP contribution >= 0.6 is 22.7 Å². The third kappa shape index (κ3) is 4.05. The van der Waals surface area contributed by atoms with E-state index >= 15 is 0 Å². The second-order valence-corrected chi connectivity index (χ2v) is 8.19. The molecule has 0 saturated heterocycles. The van der Waals surface area contributed by atoms with Crippen molar-refractivity contribution >= 4 is 38.0 Å². The largest absolute Gasteiger partial charge is 0.422 e. The average Bonchev–Trinajstić information content (AvgIpc) is 3.13. The first-order valence-corrected chi connectivity index (χ1v) is 10.2. The van der Waals surface area contributed by atoms with Crippen LogP contribution in [0.2, 0.25) is 0 Å². The monoisotopic (exact) mass is 358 g/mol. The molecule has 0 aliphatic heterocycles. The summed E-state index contributed by atoms with van der Waals surface area (Å²) in [5.74, 6) is 0.349. The molecule has 0 radical (unpaired) electrons. The molecule has 0 aliphatic rings. The van der Waals surface area contributed by atoms with Crippen molar-refractivity contribution in [2.45, 2.75) is 46.0 Å². The Bertz CT molecular complexity index is 780. The predicted molar refractivity (Wildman–Crippen MR) is 104 cm³/mol. The molecule has 0 atom stereocenters. The highest BCUT2D eigenvalue weighted by Gasteiger charge is 2.14. The predicted octanol–water partition coefficient (Wildman–Crippen LogP) is 6.48. The quantitative estimate of drug-likeness (QED) is 0.357. The van der Waals surface area contributed by atoms with E-state index in [1.165, 1.54) is 44.0 Å². The third-order valence-corrected chi connectivity index (χ3v) is 6.24. The van der Waals surface area contributed by atoms with Crippen LogP contribution in [0.4, 0.5) is 0 Å². The number of carbonyl (C=O) groups excluding carboxylic acids is 1. The molecule has 3 aromatic rings. The van der Waals surface area contributed by atoms with Gasteiger partial charge in [0.25, 0.3) is 0 Å². The lowest BCUT2D eigenvalue weighted by molar-refractivity contribution is 0.0740. The molecule has 0 unspecified atom stereocenters. The number of benzene rings is 1. The molecule has 2 nitrogen and oxygen atoms in total. The van der Waals surface area contributed by atoms with Crippen LogP contribution in [0, 0.1) is 0 Å². The Morgan fingerprint density at radius 2 is 1.71 bits per heavy atom. The number of rotatable bonds is 7. The molecule has 24 heavy (non-hydrogen) atoms. The Morgan fingerprint density at radius 1 is 0.958 bits per heavy atom. The minimum absolute atomic E-state index is 0.262. The van der Waals surface area contributed by atoms with Crippen LogP contribution in [0.25, 0.3) is 9.40 Å². The Kier molecular flexibility index (Phi) is 5.69. The van der Waals surface area contributed by atoms with E-state index in [0.29, 0.717) is 10.6 Å².